The quantitative estimate of drug-likeness (QED) is 0.215. The molecule has 3 saturated carbocycles. The van der Waals surface area contributed by atoms with Gasteiger partial charge in [0.25, 0.3) is 0 Å². The molecule has 3 fully saturated rings. The van der Waals surface area contributed by atoms with Crippen LogP contribution in [0.15, 0.2) is 84.6 Å². The predicted molar refractivity (Wildman–Crippen MR) is 214 cm³/mol. The van der Waals surface area contributed by atoms with Gasteiger partial charge in [-0.15, -0.1) is 0 Å². The molecule has 55 heavy (non-hydrogen) atoms. The van der Waals surface area contributed by atoms with Gasteiger partial charge in [0.15, 0.2) is 17.5 Å². The van der Waals surface area contributed by atoms with Gasteiger partial charge in [-0.2, -0.15) is 30.0 Å². The van der Waals surface area contributed by atoms with Crippen LogP contribution in [0.25, 0.3) is 0 Å². The lowest BCUT2D eigenvalue weighted by molar-refractivity contribution is 0.190. The van der Waals surface area contributed by atoms with Crippen LogP contribution < -0.4 is 0 Å². The summed E-state index contributed by atoms with van der Waals surface area (Å²) in [7, 11) is 0. The highest BCUT2D eigenvalue weighted by atomic mass is 19.1. The summed E-state index contributed by atoms with van der Waals surface area (Å²) in [6, 6.07) is 15.1. The molecule has 0 aromatic heterocycles. The number of hydrogen-bond donors (Lipinski definition) is 0. The van der Waals surface area contributed by atoms with Gasteiger partial charge >= 0.3 is 0 Å². The minimum Gasteiger partial charge on any atom is -0.213 e. The van der Waals surface area contributed by atoms with Crippen molar-refractivity contribution in [3.63, 3.8) is 0 Å². The van der Waals surface area contributed by atoms with Crippen molar-refractivity contribution in [2.45, 2.75) is 116 Å². The Bertz CT molecular complexity index is 2040. The van der Waals surface area contributed by atoms with Gasteiger partial charge in [-0.3, -0.25) is 0 Å². The number of halogens is 3. The Labute approximate surface area is 321 Å². The molecular weight excluding hydrogens is 696 g/mol. The van der Waals surface area contributed by atoms with Gasteiger partial charge in [0.05, 0.1) is 0 Å². The summed E-state index contributed by atoms with van der Waals surface area (Å²) in [6.07, 6.45) is 9.87. The Hall–Kier alpha value is -4.73. The van der Waals surface area contributed by atoms with E-state index in [-0.39, 0.29) is 51.6 Å². The summed E-state index contributed by atoms with van der Waals surface area (Å²) < 4.78 is 46.6. The zero-order valence-electron chi connectivity index (χ0n) is 32.6. The Kier molecular flexibility index (Phi) is 8.44. The normalized spacial score (nSPS) is 20.6. The van der Waals surface area contributed by atoms with E-state index in [0.717, 1.165) is 57.8 Å². The third kappa shape index (κ3) is 5.93. The van der Waals surface area contributed by atoms with E-state index in [2.05, 4.69) is 41.5 Å². The molecule has 3 aliphatic carbocycles. The minimum atomic E-state index is -0.369. The molecule has 10 heteroatoms. The zero-order chi connectivity index (χ0) is 38.4. The van der Waals surface area contributed by atoms with Crippen LogP contribution in [0, 0.1) is 35.2 Å². The van der Waals surface area contributed by atoms with Gasteiger partial charge in [0.2, 0.25) is 17.9 Å². The fourth-order valence-electron chi connectivity index (χ4n) is 9.20. The highest BCUT2D eigenvalue weighted by molar-refractivity contribution is 6.34. The van der Waals surface area contributed by atoms with Crippen molar-refractivity contribution in [3.05, 3.63) is 105 Å². The highest BCUT2D eigenvalue weighted by Crippen LogP contribution is 2.47. The molecule has 3 heterocycles. The fraction of sp³-hybridized carbons (Fsp3) is 0.467. The average molecular weight is 744 g/mol. The molecule has 0 spiro atoms. The molecule has 0 radical (unpaired) electrons. The van der Waals surface area contributed by atoms with Crippen LogP contribution in [0.3, 0.4) is 0 Å². The molecule has 0 N–H and O–H groups in total. The number of rotatable bonds is 9. The Morgan fingerprint density at radius 1 is 0.436 bits per heavy atom. The highest BCUT2D eigenvalue weighted by Gasteiger charge is 2.41. The lowest BCUT2D eigenvalue weighted by atomic mass is 9.64. The van der Waals surface area contributed by atoms with E-state index < -0.39 is 0 Å². The molecule has 6 aliphatic rings. The number of aliphatic imine (C=N–C) groups is 6. The third-order valence-corrected chi connectivity index (χ3v) is 14.0. The van der Waals surface area contributed by atoms with E-state index in [9.17, 15) is 0 Å². The molecule has 3 aromatic rings. The standard InChI is InChI=1S/C45H48F3N7/c1-43(2,28-10-7-11-28)31-22-25(16-19-34(31)46)37-49-40-51-38(26-17-20-35(47)32(23-26)44(3,4)29-12-8-13-29)53-42-54-39(52-41(50-37)55(40)42)27-18-21-36(48)33(24-27)45(5,6)30-14-9-15-30/h16-24,28-30H,7-15H2,1-6H3. The molecule has 3 aliphatic heterocycles. The van der Waals surface area contributed by atoms with Crippen LogP contribution in [0.1, 0.15) is 133 Å². The second kappa shape index (κ2) is 12.9. The molecule has 0 bridgehead atoms. The molecule has 0 saturated heterocycles. The van der Waals surface area contributed by atoms with E-state index in [0.29, 0.717) is 68.6 Å². The Balaban J connectivity index is 1.18. The van der Waals surface area contributed by atoms with Crippen LogP contribution in [0.5, 0.6) is 0 Å². The lowest BCUT2D eigenvalue weighted by Gasteiger charge is -2.41. The average Bonchev–Trinajstić information content (AvgIpc) is 3.05. The summed E-state index contributed by atoms with van der Waals surface area (Å²) in [6.45, 7) is 12.6. The molecule has 9 rings (SSSR count). The summed E-state index contributed by atoms with van der Waals surface area (Å²) in [4.78, 5) is 31.1. The van der Waals surface area contributed by atoms with Crippen LogP contribution >= 0.6 is 0 Å². The molecule has 0 amide bonds. The number of guanidine groups is 3. The number of amidine groups is 3. The van der Waals surface area contributed by atoms with E-state index in [4.69, 9.17) is 30.0 Å². The topological polar surface area (TPSA) is 77.4 Å². The second-order valence-corrected chi connectivity index (χ2v) is 18.0. The Morgan fingerprint density at radius 2 is 0.709 bits per heavy atom. The lowest BCUT2D eigenvalue weighted by Crippen LogP contribution is -2.48. The fourth-order valence-corrected chi connectivity index (χ4v) is 9.20. The van der Waals surface area contributed by atoms with Gasteiger partial charge in [0, 0.05) is 16.7 Å². The first-order chi connectivity index (χ1) is 26.2. The SMILES string of the molecule is CC(C)(c1cc(C2=NC3=NC(c4ccc(F)c(C(C)(C)C5CCC5)c4)=NC4=NC(c5ccc(F)c(C(C)(C)C6CCC6)c5)=NC(=N2)N34)ccc1F)C1CCC1. The molecule has 284 valence electrons. The van der Waals surface area contributed by atoms with Crippen LogP contribution in [-0.2, 0) is 16.2 Å². The second-order valence-electron chi connectivity index (χ2n) is 18.0. The molecule has 3 aromatic carbocycles. The number of nitrogens with zero attached hydrogens (tertiary/aromatic N) is 7. The van der Waals surface area contributed by atoms with E-state index >= 15 is 13.2 Å². The number of hydrogen-bond acceptors (Lipinski definition) is 7. The maximum atomic E-state index is 15.5. The van der Waals surface area contributed by atoms with Crippen molar-refractivity contribution < 1.29 is 13.2 Å². The Morgan fingerprint density at radius 3 is 0.945 bits per heavy atom. The molecule has 0 atom stereocenters. The largest absolute Gasteiger partial charge is 0.243 e. The van der Waals surface area contributed by atoms with Gasteiger partial charge in [-0.1, -0.05) is 60.8 Å². The maximum absolute atomic E-state index is 15.5. The summed E-state index contributed by atoms with van der Waals surface area (Å²) in [5.41, 5.74) is 2.70. The van der Waals surface area contributed by atoms with Crippen molar-refractivity contribution >= 4 is 35.4 Å². The van der Waals surface area contributed by atoms with Crippen LogP contribution in [0.2, 0.25) is 0 Å². The van der Waals surface area contributed by atoms with Crippen molar-refractivity contribution in [1.29, 1.82) is 0 Å². The first-order valence-electron chi connectivity index (χ1n) is 20.0. The molecule has 7 nitrogen and oxygen atoms in total. The zero-order valence-corrected chi connectivity index (χ0v) is 32.6. The molecule has 0 unspecified atom stereocenters. The van der Waals surface area contributed by atoms with Gasteiger partial charge < -0.3 is 0 Å². The minimum absolute atomic E-state index is 0.253. The molecular formula is C45H48F3N7. The van der Waals surface area contributed by atoms with Gasteiger partial charge in [-0.25, -0.2) is 18.1 Å². The van der Waals surface area contributed by atoms with Crippen LogP contribution in [-0.4, -0.2) is 40.3 Å². The summed E-state index contributed by atoms with van der Waals surface area (Å²) >= 11 is 0. The van der Waals surface area contributed by atoms with Crippen LogP contribution in [0.4, 0.5) is 13.2 Å². The van der Waals surface area contributed by atoms with Crippen molar-refractivity contribution in [2.75, 3.05) is 0 Å². The van der Waals surface area contributed by atoms with Crippen molar-refractivity contribution in [2.24, 2.45) is 47.7 Å². The first-order valence-corrected chi connectivity index (χ1v) is 20.0. The van der Waals surface area contributed by atoms with E-state index in [1.807, 2.05) is 18.2 Å². The van der Waals surface area contributed by atoms with E-state index in [1.54, 1.807) is 23.1 Å². The third-order valence-electron chi connectivity index (χ3n) is 14.0. The van der Waals surface area contributed by atoms with Gasteiger partial charge in [-0.05, 0) is 144 Å². The van der Waals surface area contributed by atoms with Crippen molar-refractivity contribution in [3.8, 4) is 0 Å². The first kappa shape index (κ1) is 35.9. The predicted octanol–water partition coefficient (Wildman–Crippen LogP) is 10.4. The summed E-state index contributed by atoms with van der Waals surface area (Å²) in [5.74, 6) is 2.18. The maximum Gasteiger partial charge on any atom is 0.243 e. The smallest absolute Gasteiger partial charge is 0.213 e. The number of benzene rings is 3. The van der Waals surface area contributed by atoms with Crippen molar-refractivity contribution in [1.82, 2.24) is 4.90 Å². The van der Waals surface area contributed by atoms with E-state index in [1.165, 1.54) is 18.2 Å². The van der Waals surface area contributed by atoms with Gasteiger partial charge in [0.1, 0.15) is 17.5 Å². The monoisotopic (exact) mass is 743 g/mol. The summed E-state index contributed by atoms with van der Waals surface area (Å²) in [5, 5.41) is 0.